The van der Waals surface area contributed by atoms with E-state index in [-0.39, 0.29) is 18.8 Å². The number of carbonyl (C=O) groups is 7. The van der Waals surface area contributed by atoms with Crippen molar-refractivity contribution in [3.8, 4) is 17.6 Å². The molecule has 0 unspecified atom stereocenters. The van der Waals surface area contributed by atoms with Gasteiger partial charge in [0.25, 0.3) is 0 Å². The van der Waals surface area contributed by atoms with Gasteiger partial charge in [0.1, 0.15) is 24.2 Å². The molecule has 0 fully saturated rings. The van der Waals surface area contributed by atoms with Gasteiger partial charge in [0.15, 0.2) is 5.60 Å². The zero-order chi connectivity index (χ0) is 47.5. The van der Waals surface area contributed by atoms with Crippen molar-refractivity contribution in [2.45, 2.75) is 157 Å². The number of aliphatic hydroxyl groups is 1. The number of esters is 5. The molecule has 1 rings (SSSR count). The smallest absolute Gasteiger partial charge is 0.342 e. The molecule has 15 nitrogen and oxygen atoms in total. The molecule has 0 aliphatic carbocycles. The Balaban J connectivity index is 3.43. The summed E-state index contributed by atoms with van der Waals surface area (Å²) in [4.78, 5) is 91.5. The van der Waals surface area contributed by atoms with E-state index in [9.17, 15) is 38.7 Å². The number of benzene rings is 1. The summed E-state index contributed by atoms with van der Waals surface area (Å²) < 4.78 is 30.8. The van der Waals surface area contributed by atoms with Crippen LogP contribution in [0.4, 0.5) is 0 Å². The minimum absolute atomic E-state index is 0.0852. The lowest BCUT2D eigenvalue weighted by Crippen LogP contribution is -2.56. The Morgan fingerprint density at radius 1 is 0.746 bits per heavy atom. The maximum absolute atomic E-state index is 14.3. The number of ketones is 1. The molecule has 0 saturated heterocycles. The van der Waals surface area contributed by atoms with Crippen molar-refractivity contribution in [1.29, 1.82) is 0 Å². The first kappa shape index (κ1) is 55.8. The average molecular weight is 886 g/mol. The quantitative estimate of drug-likeness (QED) is 0.0207. The van der Waals surface area contributed by atoms with Crippen LogP contribution in [0.15, 0.2) is 36.4 Å². The highest BCUT2D eigenvalue weighted by Gasteiger charge is 2.51. The summed E-state index contributed by atoms with van der Waals surface area (Å²) in [5, 5.41) is 14.7. The fraction of sp³-hybridized carbons (Fsp3) is 0.646. The van der Waals surface area contributed by atoms with Crippen molar-refractivity contribution in [2.75, 3.05) is 27.3 Å². The number of allylic oxidation sites excluding steroid dienone is 1. The van der Waals surface area contributed by atoms with Gasteiger partial charge in [0.05, 0.1) is 30.3 Å². The second-order valence-electron chi connectivity index (χ2n) is 17.4. The minimum atomic E-state index is -3.02. The fourth-order valence-electron chi connectivity index (χ4n) is 5.85. The molecule has 1 aromatic rings. The van der Waals surface area contributed by atoms with Gasteiger partial charge in [0, 0.05) is 19.3 Å². The van der Waals surface area contributed by atoms with Gasteiger partial charge in [-0.1, -0.05) is 75.7 Å². The molecule has 0 bridgehead atoms. The number of hydrogen-bond donors (Lipinski definition) is 2. The number of unbranched alkanes of at least 4 members (excludes halogenated alkanes) is 8. The van der Waals surface area contributed by atoms with E-state index in [1.807, 2.05) is 0 Å². The van der Waals surface area contributed by atoms with Crippen LogP contribution < -0.4 is 10.1 Å². The lowest BCUT2D eigenvalue weighted by molar-refractivity contribution is -0.195. The third kappa shape index (κ3) is 22.6. The van der Waals surface area contributed by atoms with Crippen molar-refractivity contribution in [1.82, 2.24) is 5.32 Å². The van der Waals surface area contributed by atoms with Crippen LogP contribution >= 0.6 is 0 Å². The normalized spacial score (nSPS) is 13.3. The molecule has 63 heavy (non-hydrogen) atoms. The Bertz CT molecular complexity index is 1710. The van der Waals surface area contributed by atoms with Gasteiger partial charge < -0.3 is 38.8 Å². The molecule has 15 heteroatoms. The van der Waals surface area contributed by atoms with Crippen molar-refractivity contribution >= 4 is 41.5 Å². The molecule has 0 saturated carbocycles. The summed E-state index contributed by atoms with van der Waals surface area (Å²) in [6, 6.07) is 5.33. The molecule has 0 radical (unpaired) electrons. The number of methoxy groups -OCH3 is 1. The Morgan fingerprint density at radius 2 is 1.29 bits per heavy atom. The first-order valence-corrected chi connectivity index (χ1v) is 21.8. The molecule has 0 spiro atoms. The predicted molar refractivity (Wildman–Crippen MR) is 234 cm³/mol. The molecule has 1 amide bonds. The second-order valence-corrected chi connectivity index (χ2v) is 17.4. The third-order valence-electron chi connectivity index (χ3n) is 9.70. The number of ether oxygens (including phenoxy) is 6. The number of nitrogens with one attached hydrogen (secondary N) is 1. The summed E-state index contributed by atoms with van der Waals surface area (Å²) >= 11 is 0. The number of amides is 1. The van der Waals surface area contributed by atoms with Crippen LogP contribution in [-0.4, -0.2) is 85.6 Å². The number of hydrogen-bond acceptors (Lipinski definition) is 14. The third-order valence-corrected chi connectivity index (χ3v) is 9.70. The lowest BCUT2D eigenvalue weighted by atomic mass is 9.82. The fourth-order valence-corrected chi connectivity index (χ4v) is 5.85. The van der Waals surface area contributed by atoms with Gasteiger partial charge in [-0.15, -0.1) is 5.92 Å². The SMILES string of the molecule is CC#CCOc1ccc(C[C@H](NC(=O)[C@@H](/C=C/CCCCCCC(=O)CCCCCCC)[C@@](O)(CC(=O)OCOC(=O)C(C)(C)C)C(=O)OCOC(=O)C(C)(C)C)C(=O)OC)cc1. The standard InChI is InChI=1S/C48H71NO14/c1-10-12-14-17-20-23-36(50)24-21-18-15-16-19-22-25-38(41(52)49-39(42(53)58-9)31-35-26-28-37(29-27-35)59-30-13-11-2)48(57,45(56)63-34-62-44(55)47(6,7)8)32-40(51)60-33-61-43(54)46(3,4)5/h22,25-29,38-39,57H,10,12,14-21,23-24,30-34H2,1-9H3,(H,49,52)/b25-22+/t38-,39+,48+/m1/s1. The van der Waals surface area contributed by atoms with Crippen LogP contribution in [0.1, 0.15) is 144 Å². The van der Waals surface area contributed by atoms with E-state index in [1.54, 1.807) is 78.8 Å². The van der Waals surface area contributed by atoms with Gasteiger partial charge in [-0.2, -0.15) is 0 Å². The van der Waals surface area contributed by atoms with E-state index in [4.69, 9.17) is 28.4 Å². The highest BCUT2D eigenvalue weighted by molar-refractivity contribution is 5.95. The largest absolute Gasteiger partial charge is 0.481 e. The summed E-state index contributed by atoms with van der Waals surface area (Å²) in [5.74, 6) is -1.72. The van der Waals surface area contributed by atoms with Gasteiger partial charge in [-0.05, 0) is 91.8 Å². The summed E-state index contributed by atoms with van der Waals surface area (Å²) in [5.41, 5.74) is -4.34. The van der Waals surface area contributed by atoms with E-state index in [0.717, 1.165) is 52.1 Å². The molecule has 0 aliphatic heterocycles. The Morgan fingerprint density at radius 3 is 1.83 bits per heavy atom. The molecular formula is C48H71NO14. The van der Waals surface area contributed by atoms with Crippen LogP contribution in [0.5, 0.6) is 5.75 Å². The zero-order valence-electron chi connectivity index (χ0n) is 38.9. The van der Waals surface area contributed by atoms with Gasteiger partial charge in [-0.25, -0.2) is 9.59 Å². The molecule has 3 atom stereocenters. The van der Waals surface area contributed by atoms with E-state index in [2.05, 4.69) is 24.1 Å². The van der Waals surface area contributed by atoms with Gasteiger partial charge in [-0.3, -0.25) is 24.0 Å². The van der Waals surface area contributed by atoms with Gasteiger partial charge in [0.2, 0.25) is 19.5 Å². The minimum Gasteiger partial charge on any atom is -0.481 e. The number of rotatable bonds is 29. The average Bonchev–Trinajstić information content (AvgIpc) is 3.22. The van der Waals surface area contributed by atoms with Crippen molar-refractivity contribution in [2.24, 2.45) is 16.7 Å². The first-order valence-electron chi connectivity index (χ1n) is 21.8. The Kier molecular flexibility index (Phi) is 25.9. The van der Waals surface area contributed by atoms with Crippen LogP contribution in [0.3, 0.4) is 0 Å². The van der Waals surface area contributed by atoms with Gasteiger partial charge >= 0.3 is 29.8 Å². The monoisotopic (exact) mass is 885 g/mol. The highest BCUT2D eigenvalue weighted by Crippen LogP contribution is 2.28. The maximum Gasteiger partial charge on any atom is 0.342 e. The van der Waals surface area contributed by atoms with E-state index < -0.39 is 84.2 Å². The summed E-state index contributed by atoms with van der Waals surface area (Å²) in [6.07, 6.45) is 11.3. The zero-order valence-corrected chi connectivity index (χ0v) is 38.9. The van der Waals surface area contributed by atoms with Crippen molar-refractivity contribution in [3.05, 3.63) is 42.0 Å². The molecule has 0 aromatic heterocycles. The topological polar surface area (TPSA) is 207 Å². The second kappa shape index (κ2) is 29.2. The molecule has 0 aliphatic rings. The molecule has 0 heterocycles. The van der Waals surface area contributed by atoms with Crippen LogP contribution in [0.25, 0.3) is 0 Å². The number of Topliss-reactive ketones (excluding diaryl/α,β-unsaturated/α-hetero) is 1. The highest BCUT2D eigenvalue weighted by atomic mass is 16.7. The van der Waals surface area contributed by atoms with Crippen LogP contribution in [0.2, 0.25) is 0 Å². The van der Waals surface area contributed by atoms with Crippen molar-refractivity contribution < 1.29 is 67.1 Å². The molecule has 352 valence electrons. The van der Waals surface area contributed by atoms with E-state index in [1.165, 1.54) is 12.5 Å². The van der Waals surface area contributed by atoms with Crippen LogP contribution in [0, 0.1) is 28.6 Å². The maximum atomic E-state index is 14.3. The molecule has 1 aromatic carbocycles. The van der Waals surface area contributed by atoms with E-state index in [0.29, 0.717) is 37.0 Å². The molecule has 2 N–H and O–H groups in total. The summed E-state index contributed by atoms with van der Waals surface area (Å²) in [6.45, 7) is 11.6. The first-order chi connectivity index (χ1) is 29.7. The lowest BCUT2D eigenvalue weighted by Gasteiger charge is -2.32. The Hall–Kier alpha value is -5.23. The Labute approximate surface area is 373 Å². The van der Waals surface area contributed by atoms with Crippen LogP contribution in [-0.2, 0) is 63.7 Å². The molecular weight excluding hydrogens is 815 g/mol. The summed E-state index contributed by atoms with van der Waals surface area (Å²) in [7, 11) is 1.13. The van der Waals surface area contributed by atoms with Crippen molar-refractivity contribution in [3.63, 3.8) is 0 Å². The predicted octanol–water partition coefficient (Wildman–Crippen LogP) is 7.03. The number of carbonyl (C=O) groups excluding carboxylic acids is 7. The van der Waals surface area contributed by atoms with E-state index >= 15 is 0 Å².